The summed E-state index contributed by atoms with van der Waals surface area (Å²) in [6, 6.07) is 14.3. The summed E-state index contributed by atoms with van der Waals surface area (Å²) in [5, 5.41) is 16.7. The molecule has 38 heavy (non-hydrogen) atoms. The lowest BCUT2D eigenvalue weighted by atomic mass is 9.70. The van der Waals surface area contributed by atoms with Crippen LogP contribution in [0.2, 0.25) is 0 Å². The maximum absolute atomic E-state index is 14.3. The molecule has 0 radical (unpaired) electrons. The average molecular weight is 536 g/mol. The fourth-order valence-electron chi connectivity index (χ4n) is 6.66. The number of benzene rings is 2. The van der Waals surface area contributed by atoms with Crippen LogP contribution in [0.25, 0.3) is 0 Å². The maximum Gasteiger partial charge on any atom is 0.248 e. The van der Waals surface area contributed by atoms with Gasteiger partial charge >= 0.3 is 0 Å². The molecule has 2 aromatic carbocycles. The number of nitrogens with zero attached hydrogens (tertiary/aromatic N) is 1. The van der Waals surface area contributed by atoms with Crippen molar-refractivity contribution >= 4 is 35.2 Å². The monoisotopic (exact) mass is 535 g/mol. The van der Waals surface area contributed by atoms with Crippen molar-refractivity contribution in [1.29, 1.82) is 0 Å². The number of anilines is 1. The molecule has 0 aliphatic carbocycles. The van der Waals surface area contributed by atoms with Crippen LogP contribution < -0.4 is 10.6 Å². The zero-order chi connectivity index (χ0) is 27.0. The molecule has 7 nitrogen and oxygen atoms in total. The Balaban J connectivity index is 1.54. The zero-order valence-electron chi connectivity index (χ0n) is 22.3. The highest BCUT2D eigenvalue weighted by Crippen LogP contribution is 2.66. The van der Waals surface area contributed by atoms with Crippen molar-refractivity contribution in [2.24, 2.45) is 11.8 Å². The van der Waals surface area contributed by atoms with E-state index >= 15 is 0 Å². The van der Waals surface area contributed by atoms with E-state index < -0.39 is 28.7 Å². The number of amides is 3. The van der Waals surface area contributed by atoms with Crippen LogP contribution in [0.5, 0.6) is 0 Å². The van der Waals surface area contributed by atoms with E-state index in [4.69, 9.17) is 0 Å². The number of hydrogen-bond acceptors (Lipinski definition) is 5. The number of carbonyl (C=O) groups excluding carboxylic acids is 3. The van der Waals surface area contributed by atoms with E-state index in [9.17, 15) is 19.5 Å². The van der Waals surface area contributed by atoms with Crippen LogP contribution in [-0.4, -0.2) is 63.0 Å². The third-order valence-electron chi connectivity index (χ3n) is 8.41. The molecule has 8 heteroatoms. The topological polar surface area (TPSA) is 98.7 Å². The van der Waals surface area contributed by atoms with Crippen LogP contribution in [0.15, 0.2) is 48.5 Å². The number of hydrogen-bond donors (Lipinski definition) is 3. The second-order valence-electron chi connectivity index (χ2n) is 10.9. The van der Waals surface area contributed by atoms with Crippen molar-refractivity contribution in [1.82, 2.24) is 10.2 Å². The van der Waals surface area contributed by atoms with Crippen molar-refractivity contribution in [3.8, 4) is 0 Å². The first-order valence-corrected chi connectivity index (χ1v) is 14.5. The van der Waals surface area contributed by atoms with Gasteiger partial charge in [-0.3, -0.25) is 14.4 Å². The molecule has 5 rings (SSSR count). The maximum atomic E-state index is 14.3. The Bertz CT molecular complexity index is 1220. The first-order valence-electron chi connectivity index (χ1n) is 13.6. The van der Waals surface area contributed by atoms with Gasteiger partial charge in [0.2, 0.25) is 17.7 Å². The summed E-state index contributed by atoms with van der Waals surface area (Å²) < 4.78 is -0.693. The smallest absolute Gasteiger partial charge is 0.248 e. The van der Waals surface area contributed by atoms with Crippen LogP contribution in [0.1, 0.15) is 42.9 Å². The predicted octanol–water partition coefficient (Wildman–Crippen LogP) is 3.46. The number of nitrogens with one attached hydrogen (secondary N) is 2. The quantitative estimate of drug-likeness (QED) is 0.457. The van der Waals surface area contributed by atoms with E-state index in [1.54, 1.807) is 16.7 Å². The van der Waals surface area contributed by atoms with Crippen LogP contribution in [-0.2, 0) is 20.8 Å². The van der Waals surface area contributed by atoms with Crippen molar-refractivity contribution in [2.75, 3.05) is 18.5 Å². The van der Waals surface area contributed by atoms with E-state index in [0.29, 0.717) is 19.4 Å². The van der Waals surface area contributed by atoms with Gasteiger partial charge < -0.3 is 20.6 Å². The Morgan fingerprint density at radius 3 is 2.63 bits per heavy atom. The number of thioether (sulfide) groups is 1. The Hall–Kier alpha value is -2.84. The van der Waals surface area contributed by atoms with Crippen LogP contribution >= 0.6 is 11.8 Å². The van der Waals surface area contributed by atoms with Gasteiger partial charge in [0.05, 0.1) is 29.2 Å². The highest BCUT2D eigenvalue weighted by molar-refractivity contribution is 8.02. The molecule has 6 atom stereocenters. The largest absolute Gasteiger partial charge is 0.394 e. The molecule has 3 N–H and O–H groups in total. The van der Waals surface area contributed by atoms with Crippen LogP contribution in [0.3, 0.4) is 0 Å². The molecule has 3 saturated heterocycles. The lowest BCUT2D eigenvalue weighted by molar-refractivity contribution is -0.142. The SMILES string of the molecule is CCCNC(=O)[C@@H]1[C@H]2C(=O)N([C@@H](CO)Cc3ccccc3)C(C(=O)Nc3cc(C)ccc3C)C23CC[C@H]1S3. The number of fused-ring (bicyclic) bond motifs is 1. The summed E-state index contributed by atoms with van der Waals surface area (Å²) >= 11 is 1.65. The molecular formula is C30H37N3O4S. The lowest BCUT2D eigenvalue weighted by Gasteiger charge is -2.37. The Kier molecular flexibility index (Phi) is 7.56. The molecule has 2 unspecified atom stereocenters. The average Bonchev–Trinajstić information content (AvgIpc) is 3.56. The highest BCUT2D eigenvalue weighted by Gasteiger charge is 2.74. The molecule has 3 aliphatic rings. The van der Waals surface area contributed by atoms with Crippen molar-refractivity contribution < 1.29 is 19.5 Å². The summed E-state index contributed by atoms with van der Waals surface area (Å²) in [4.78, 5) is 43.4. The molecule has 1 spiro atoms. The number of carbonyl (C=O) groups is 3. The fraction of sp³-hybridized carbons (Fsp3) is 0.500. The minimum Gasteiger partial charge on any atom is -0.394 e. The molecule has 202 valence electrons. The van der Waals surface area contributed by atoms with E-state index in [2.05, 4.69) is 10.6 Å². The Morgan fingerprint density at radius 1 is 1.16 bits per heavy atom. The number of rotatable bonds is 9. The zero-order valence-corrected chi connectivity index (χ0v) is 23.1. The minimum absolute atomic E-state index is 0.0145. The lowest BCUT2D eigenvalue weighted by Crippen LogP contribution is -2.55. The number of aryl methyl sites for hydroxylation is 2. The Morgan fingerprint density at radius 2 is 1.92 bits per heavy atom. The standard InChI is InChI=1S/C30H37N3O4S/c1-4-14-31-27(35)24-23-12-13-30(38-23)25(24)29(37)33(21(17-34)16-20-8-6-5-7-9-20)26(30)28(36)32-22-15-18(2)10-11-19(22)3/h5-11,15,21,23-26,34H,4,12-14,16-17H2,1-3H3,(H,31,35)(H,32,36)/t21-,23-,24+,25+,26?,30?/m1/s1. The number of aliphatic hydroxyl groups is 1. The van der Waals surface area contributed by atoms with Gasteiger partial charge in [0.15, 0.2) is 0 Å². The van der Waals surface area contributed by atoms with Gasteiger partial charge in [-0.1, -0.05) is 49.4 Å². The molecule has 3 aliphatic heterocycles. The molecule has 3 heterocycles. The van der Waals surface area contributed by atoms with E-state index in [-0.39, 0.29) is 29.6 Å². The third kappa shape index (κ3) is 4.51. The summed E-state index contributed by atoms with van der Waals surface area (Å²) in [6.07, 6.45) is 2.74. The van der Waals surface area contributed by atoms with Gasteiger partial charge in [0, 0.05) is 17.5 Å². The molecule has 0 aromatic heterocycles. The van der Waals surface area contributed by atoms with Gasteiger partial charge in [-0.15, -0.1) is 11.8 Å². The first-order chi connectivity index (χ1) is 18.3. The molecule has 0 saturated carbocycles. The minimum atomic E-state index is -0.778. The fourth-order valence-corrected chi connectivity index (χ4v) is 8.86. The van der Waals surface area contributed by atoms with Gasteiger partial charge in [0.1, 0.15) is 6.04 Å². The molecule has 3 amide bonds. The second-order valence-corrected chi connectivity index (χ2v) is 12.5. The number of aliphatic hydroxyl groups excluding tert-OH is 1. The van der Waals surface area contributed by atoms with Crippen LogP contribution in [0.4, 0.5) is 5.69 Å². The first kappa shape index (κ1) is 26.8. The van der Waals surface area contributed by atoms with E-state index in [1.807, 2.05) is 69.3 Å². The van der Waals surface area contributed by atoms with Crippen LogP contribution in [0, 0.1) is 25.7 Å². The van der Waals surface area contributed by atoms with Crippen molar-refractivity contribution in [3.05, 3.63) is 65.2 Å². The number of likely N-dealkylation sites (tertiary alicyclic amines) is 1. The molecule has 2 aromatic rings. The van der Waals surface area contributed by atoms with Gasteiger partial charge in [-0.25, -0.2) is 0 Å². The normalized spacial score (nSPS) is 28.3. The van der Waals surface area contributed by atoms with Crippen molar-refractivity contribution in [2.45, 2.75) is 68.5 Å². The van der Waals surface area contributed by atoms with E-state index in [1.165, 1.54) is 0 Å². The van der Waals surface area contributed by atoms with E-state index in [0.717, 1.165) is 35.2 Å². The summed E-state index contributed by atoms with van der Waals surface area (Å²) in [5.41, 5.74) is 3.68. The van der Waals surface area contributed by atoms with Gasteiger partial charge in [-0.2, -0.15) is 0 Å². The van der Waals surface area contributed by atoms with Crippen molar-refractivity contribution in [3.63, 3.8) is 0 Å². The molecule has 2 bridgehead atoms. The molecular weight excluding hydrogens is 498 g/mol. The summed E-state index contributed by atoms with van der Waals surface area (Å²) in [5.74, 6) is -1.58. The van der Waals surface area contributed by atoms with Gasteiger partial charge in [0.25, 0.3) is 0 Å². The summed E-state index contributed by atoms with van der Waals surface area (Å²) in [6.45, 7) is 6.23. The third-order valence-corrected chi connectivity index (χ3v) is 10.4. The van der Waals surface area contributed by atoms with Gasteiger partial charge in [-0.05, 0) is 62.3 Å². The summed E-state index contributed by atoms with van der Waals surface area (Å²) in [7, 11) is 0. The Labute approximate surface area is 228 Å². The highest BCUT2D eigenvalue weighted by atomic mass is 32.2. The second kappa shape index (κ2) is 10.7. The predicted molar refractivity (Wildman–Crippen MR) is 150 cm³/mol. The molecule has 3 fully saturated rings.